The fourth-order valence-electron chi connectivity index (χ4n) is 8.94. The summed E-state index contributed by atoms with van der Waals surface area (Å²) < 4.78 is 6.55. The first-order valence-corrected chi connectivity index (χ1v) is 20.0. The number of nitrogens with one attached hydrogen (secondary N) is 2. The third-order valence-corrected chi connectivity index (χ3v) is 12.0. The van der Waals surface area contributed by atoms with Gasteiger partial charge in [0.1, 0.15) is 5.58 Å². The number of hydrogen-bond acceptors (Lipinski definition) is 3. The number of hydrogen-bond donors (Lipinski definition) is 2. The van der Waals surface area contributed by atoms with Crippen molar-refractivity contribution in [1.29, 1.82) is 0 Å². The fourth-order valence-corrected chi connectivity index (χ4v) is 8.94. The molecule has 58 heavy (non-hydrogen) atoms. The zero-order chi connectivity index (χ0) is 38.8. The van der Waals surface area contributed by atoms with Gasteiger partial charge in [-0.25, -0.2) is 0 Å². The lowest BCUT2D eigenvalue weighted by atomic mass is 9.82. The zero-order valence-electron chi connectivity index (χ0n) is 32.4. The molecule has 11 rings (SSSR count). The molecule has 0 radical (unpaired) electrons. The van der Waals surface area contributed by atoms with E-state index < -0.39 is 0 Å². The molecule has 0 saturated heterocycles. The van der Waals surface area contributed by atoms with Crippen LogP contribution in [0.3, 0.4) is 0 Å². The van der Waals surface area contributed by atoms with Crippen LogP contribution >= 0.6 is 0 Å². The number of anilines is 4. The van der Waals surface area contributed by atoms with Gasteiger partial charge >= 0.3 is 0 Å². The number of fused-ring (bicyclic) bond motifs is 7. The van der Waals surface area contributed by atoms with Crippen LogP contribution in [0.25, 0.3) is 77.2 Å². The summed E-state index contributed by atoms with van der Waals surface area (Å²) in [4.78, 5) is 0. The van der Waals surface area contributed by atoms with E-state index in [-0.39, 0.29) is 5.41 Å². The molecule has 1 aromatic heterocycles. The Morgan fingerprint density at radius 2 is 0.983 bits per heavy atom. The minimum absolute atomic E-state index is 0.00918. The summed E-state index contributed by atoms with van der Waals surface area (Å²) in [5.41, 5.74) is 18.4. The summed E-state index contributed by atoms with van der Waals surface area (Å²) in [7, 11) is 0. The van der Waals surface area contributed by atoms with Crippen molar-refractivity contribution < 1.29 is 4.42 Å². The van der Waals surface area contributed by atoms with E-state index >= 15 is 0 Å². The van der Waals surface area contributed by atoms with Crippen LogP contribution in [0.1, 0.15) is 25.0 Å². The fraction of sp³-hybridized carbons (Fsp3) is 0.0545. The number of para-hydroxylation sites is 1. The summed E-state index contributed by atoms with van der Waals surface area (Å²) >= 11 is 0. The number of benzene rings is 9. The molecule has 3 nitrogen and oxygen atoms in total. The Labute approximate surface area is 338 Å². The standard InChI is InChI=1S/C55H40N2O/c1-55(2)50-16-7-6-14-46(50)48-34-45(28-29-51(48)55)56-43-24-22-37(23-25-43)38-12-8-13-39(30-38)40-18-19-41-33-53-49(32-42(41)31-40)47-15-9-17-52(54(47)58-53)57-44-26-20-36(21-27-44)35-10-4-3-5-11-35/h3-34,56-57H,1-2H3. The maximum atomic E-state index is 6.55. The van der Waals surface area contributed by atoms with Gasteiger partial charge in [-0.3, -0.25) is 0 Å². The van der Waals surface area contributed by atoms with Gasteiger partial charge in [0.25, 0.3) is 0 Å². The first-order chi connectivity index (χ1) is 28.4. The van der Waals surface area contributed by atoms with Crippen LogP contribution in [0, 0.1) is 0 Å². The molecular weight excluding hydrogens is 705 g/mol. The van der Waals surface area contributed by atoms with Crippen LogP contribution in [0.15, 0.2) is 199 Å². The molecule has 2 N–H and O–H groups in total. The molecule has 0 unspecified atom stereocenters. The minimum atomic E-state index is 0.00918. The van der Waals surface area contributed by atoms with Crippen molar-refractivity contribution in [3.8, 4) is 44.5 Å². The second-order valence-electron chi connectivity index (χ2n) is 16.0. The third-order valence-electron chi connectivity index (χ3n) is 12.0. The summed E-state index contributed by atoms with van der Waals surface area (Å²) in [5, 5.41) is 11.8. The average Bonchev–Trinajstić information content (AvgIpc) is 3.75. The molecular formula is C55H40N2O. The highest BCUT2D eigenvalue weighted by Crippen LogP contribution is 2.49. The molecule has 0 fully saturated rings. The molecule has 0 aliphatic heterocycles. The van der Waals surface area contributed by atoms with Crippen molar-refractivity contribution in [2.75, 3.05) is 10.6 Å². The molecule has 276 valence electrons. The highest BCUT2D eigenvalue weighted by atomic mass is 16.3. The minimum Gasteiger partial charge on any atom is -0.454 e. The van der Waals surface area contributed by atoms with E-state index in [4.69, 9.17) is 4.42 Å². The van der Waals surface area contributed by atoms with Gasteiger partial charge in [0, 0.05) is 33.2 Å². The van der Waals surface area contributed by atoms with E-state index in [0.29, 0.717) is 0 Å². The lowest BCUT2D eigenvalue weighted by molar-refractivity contribution is 0.660. The predicted octanol–water partition coefficient (Wildman–Crippen LogP) is 15.5. The van der Waals surface area contributed by atoms with Gasteiger partial charge in [-0.1, -0.05) is 141 Å². The first kappa shape index (κ1) is 33.9. The van der Waals surface area contributed by atoms with Crippen molar-refractivity contribution in [2.24, 2.45) is 0 Å². The average molecular weight is 745 g/mol. The molecule has 0 atom stereocenters. The summed E-state index contributed by atoms with van der Waals surface area (Å²) in [6.45, 7) is 4.64. The van der Waals surface area contributed by atoms with Gasteiger partial charge in [-0.2, -0.15) is 0 Å². The Morgan fingerprint density at radius 3 is 1.79 bits per heavy atom. The Hall–Kier alpha value is -7.36. The van der Waals surface area contributed by atoms with Crippen LogP contribution in [0.4, 0.5) is 22.7 Å². The van der Waals surface area contributed by atoms with E-state index in [2.05, 4.69) is 213 Å². The summed E-state index contributed by atoms with van der Waals surface area (Å²) in [6.07, 6.45) is 0. The van der Waals surface area contributed by atoms with Gasteiger partial charge in [0.2, 0.25) is 0 Å². The SMILES string of the molecule is CC1(C)c2ccccc2-c2cc(Nc3ccc(-c4cccc(-c5ccc6cc7oc8c(Nc9ccc(-c%10ccccc%10)cc9)cccc8c7cc6c5)c4)cc3)ccc21. The lowest BCUT2D eigenvalue weighted by Crippen LogP contribution is -2.14. The molecule has 0 bridgehead atoms. The molecule has 1 aliphatic carbocycles. The van der Waals surface area contributed by atoms with E-state index in [0.717, 1.165) is 50.1 Å². The van der Waals surface area contributed by atoms with Crippen LogP contribution in [-0.2, 0) is 5.41 Å². The lowest BCUT2D eigenvalue weighted by Gasteiger charge is -2.21. The molecule has 0 amide bonds. The normalized spacial score (nSPS) is 12.8. The molecule has 0 saturated carbocycles. The van der Waals surface area contributed by atoms with Gasteiger partial charge in [0.15, 0.2) is 5.58 Å². The van der Waals surface area contributed by atoms with E-state index in [1.807, 2.05) is 6.07 Å². The summed E-state index contributed by atoms with van der Waals surface area (Å²) in [5.74, 6) is 0. The van der Waals surface area contributed by atoms with E-state index in [1.165, 1.54) is 61.0 Å². The van der Waals surface area contributed by atoms with Gasteiger partial charge < -0.3 is 15.1 Å². The van der Waals surface area contributed by atoms with Crippen LogP contribution in [0.2, 0.25) is 0 Å². The molecule has 1 aliphatic rings. The summed E-state index contributed by atoms with van der Waals surface area (Å²) in [6, 6.07) is 69.7. The maximum absolute atomic E-state index is 6.55. The highest BCUT2D eigenvalue weighted by molar-refractivity contribution is 6.13. The van der Waals surface area contributed by atoms with Crippen molar-refractivity contribution >= 4 is 55.5 Å². The van der Waals surface area contributed by atoms with Gasteiger partial charge in [0.05, 0.1) is 5.69 Å². The predicted molar refractivity (Wildman–Crippen MR) is 245 cm³/mol. The van der Waals surface area contributed by atoms with Crippen LogP contribution < -0.4 is 10.6 Å². The second-order valence-corrected chi connectivity index (χ2v) is 16.0. The molecule has 9 aromatic carbocycles. The molecule has 0 spiro atoms. The van der Waals surface area contributed by atoms with Crippen LogP contribution in [-0.4, -0.2) is 0 Å². The first-order valence-electron chi connectivity index (χ1n) is 20.0. The third kappa shape index (κ3) is 5.83. The Morgan fingerprint density at radius 1 is 0.379 bits per heavy atom. The molecule has 10 aromatic rings. The van der Waals surface area contributed by atoms with Gasteiger partial charge in [-0.05, 0) is 133 Å². The smallest absolute Gasteiger partial charge is 0.158 e. The highest BCUT2D eigenvalue weighted by Gasteiger charge is 2.35. The maximum Gasteiger partial charge on any atom is 0.158 e. The van der Waals surface area contributed by atoms with Crippen molar-refractivity contribution in [3.63, 3.8) is 0 Å². The second kappa shape index (κ2) is 13.4. The monoisotopic (exact) mass is 744 g/mol. The van der Waals surface area contributed by atoms with Gasteiger partial charge in [-0.15, -0.1) is 0 Å². The van der Waals surface area contributed by atoms with Crippen LogP contribution in [0.5, 0.6) is 0 Å². The van der Waals surface area contributed by atoms with E-state index in [1.54, 1.807) is 0 Å². The van der Waals surface area contributed by atoms with Crippen molar-refractivity contribution in [2.45, 2.75) is 19.3 Å². The van der Waals surface area contributed by atoms with E-state index in [9.17, 15) is 0 Å². The molecule has 3 heteroatoms. The zero-order valence-corrected chi connectivity index (χ0v) is 32.4. The molecule has 1 heterocycles. The largest absolute Gasteiger partial charge is 0.454 e. The Kier molecular flexibility index (Phi) is 7.84. The quantitative estimate of drug-likeness (QED) is 0.171. The number of rotatable bonds is 7. The Bertz CT molecular complexity index is 3170. The van der Waals surface area contributed by atoms with Crippen molar-refractivity contribution in [1.82, 2.24) is 0 Å². The van der Waals surface area contributed by atoms with Crippen molar-refractivity contribution in [3.05, 3.63) is 205 Å². The Balaban J connectivity index is 0.845. The topological polar surface area (TPSA) is 37.2 Å². The number of furan rings is 1.